The number of nitrogens with two attached hydrogens (primary N) is 1. The summed E-state index contributed by atoms with van der Waals surface area (Å²) >= 11 is 1.17. The Morgan fingerprint density at radius 3 is 2.62 bits per heavy atom. The van der Waals surface area contributed by atoms with Gasteiger partial charge in [-0.25, -0.2) is 9.89 Å². The summed E-state index contributed by atoms with van der Waals surface area (Å²) in [5.74, 6) is -0.0815. The molecule has 8 nitrogen and oxygen atoms in total. The third-order valence-corrected chi connectivity index (χ3v) is 4.02. The summed E-state index contributed by atoms with van der Waals surface area (Å²) in [5, 5.41) is 23.2. The molecule has 0 aliphatic heterocycles. The Morgan fingerprint density at radius 2 is 2.05 bits per heavy atom. The Balaban J connectivity index is 2.53. The molecule has 0 amide bonds. The molecule has 0 aromatic carbocycles. The van der Waals surface area contributed by atoms with Crippen LogP contribution in [0.1, 0.15) is 36.7 Å². The summed E-state index contributed by atoms with van der Waals surface area (Å²) in [7, 11) is 0. The van der Waals surface area contributed by atoms with Crippen LogP contribution < -0.4 is 11.4 Å². The van der Waals surface area contributed by atoms with E-state index in [1.807, 2.05) is 27.7 Å². The highest BCUT2D eigenvalue weighted by molar-refractivity contribution is 7.99. The number of aromatic nitrogens is 5. The smallest absolute Gasteiger partial charge is 0.344 e. The minimum Gasteiger partial charge on any atom is -0.384 e. The average molecular weight is 307 g/mol. The van der Waals surface area contributed by atoms with Crippen LogP contribution in [0.5, 0.6) is 0 Å². The Kier molecular flexibility index (Phi) is 4.12. The van der Waals surface area contributed by atoms with Crippen molar-refractivity contribution in [2.24, 2.45) is 5.73 Å². The molecule has 21 heavy (non-hydrogen) atoms. The molecule has 0 aliphatic rings. The third-order valence-electron chi connectivity index (χ3n) is 3.07. The van der Waals surface area contributed by atoms with Gasteiger partial charge in [0.05, 0.1) is 11.3 Å². The van der Waals surface area contributed by atoms with Gasteiger partial charge in [0.2, 0.25) is 0 Å². The zero-order chi connectivity index (χ0) is 15.7. The lowest BCUT2D eigenvalue weighted by Crippen LogP contribution is -2.20. The lowest BCUT2D eigenvalue weighted by atomic mass is 10.1. The Hall–Kier alpha value is -2.16. The number of aryl methyl sites for hydroxylation is 1. The molecule has 2 heterocycles. The van der Waals surface area contributed by atoms with Gasteiger partial charge in [0.1, 0.15) is 10.9 Å². The van der Waals surface area contributed by atoms with E-state index in [4.69, 9.17) is 11.1 Å². The molecule has 0 fully saturated rings. The Labute approximate surface area is 125 Å². The first-order valence-electron chi connectivity index (χ1n) is 6.36. The molecule has 0 bridgehead atoms. The van der Waals surface area contributed by atoms with E-state index in [0.717, 1.165) is 5.56 Å². The standard InChI is InChI=1S/C12H17N7OS/c1-5(2)19-11(20)17-18-12(19)21-10-8(9(13)14)6(3)7(4)15-16-10/h5H,1-4H3,(H3,13,14)(H,17,20). The van der Waals surface area contributed by atoms with Crippen LogP contribution in [-0.2, 0) is 0 Å². The van der Waals surface area contributed by atoms with Crippen LogP contribution in [-0.4, -0.2) is 30.8 Å². The SMILES string of the molecule is Cc1nnc(Sc2n[nH]c(=O)n2C(C)C)c(C(=N)N)c1C. The van der Waals surface area contributed by atoms with Gasteiger partial charge in [-0.15, -0.1) is 10.2 Å². The fraction of sp³-hybridized carbons (Fsp3) is 0.417. The summed E-state index contributed by atoms with van der Waals surface area (Å²) in [6.45, 7) is 7.42. The Bertz CT molecular complexity index is 747. The van der Waals surface area contributed by atoms with Gasteiger partial charge < -0.3 is 5.73 Å². The van der Waals surface area contributed by atoms with Gasteiger partial charge in [-0.1, -0.05) is 0 Å². The maximum atomic E-state index is 11.7. The number of hydrogen-bond acceptors (Lipinski definition) is 6. The van der Waals surface area contributed by atoms with Crippen LogP contribution in [0.25, 0.3) is 0 Å². The van der Waals surface area contributed by atoms with Crippen molar-refractivity contribution in [2.45, 2.75) is 43.9 Å². The lowest BCUT2D eigenvalue weighted by molar-refractivity contribution is 0.533. The van der Waals surface area contributed by atoms with Gasteiger partial charge >= 0.3 is 5.69 Å². The highest BCUT2D eigenvalue weighted by atomic mass is 32.2. The maximum absolute atomic E-state index is 11.7. The number of hydrogen-bond donors (Lipinski definition) is 3. The normalized spacial score (nSPS) is 11.1. The van der Waals surface area contributed by atoms with E-state index < -0.39 is 0 Å². The first kappa shape index (κ1) is 15.2. The first-order valence-corrected chi connectivity index (χ1v) is 7.17. The second kappa shape index (κ2) is 5.68. The monoisotopic (exact) mass is 307 g/mol. The Morgan fingerprint density at radius 1 is 1.38 bits per heavy atom. The lowest BCUT2D eigenvalue weighted by Gasteiger charge is -2.12. The molecule has 0 saturated carbocycles. The molecular formula is C12H17N7OS. The predicted molar refractivity (Wildman–Crippen MR) is 79.9 cm³/mol. The number of amidine groups is 1. The van der Waals surface area contributed by atoms with Gasteiger partial charge in [0, 0.05) is 6.04 Å². The van der Waals surface area contributed by atoms with E-state index in [1.165, 1.54) is 16.3 Å². The zero-order valence-corrected chi connectivity index (χ0v) is 13.1. The third kappa shape index (κ3) is 2.82. The molecule has 0 saturated heterocycles. The molecule has 0 unspecified atom stereocenters. The molecule has 0 atom stereocenters. The topological polar surface area (TPSA) is 126 Å². The van der Waals surface area contributed by atoms with Gasteiger partial charge in [-0.2, -0.15) is 5.10 Å². The van der Waals surface area contributed by atoms with E-state index in [-0.39, 0.29) is 17.6 Å². The van der Waals surface area contributed by atoms with Gasteiger partial charge in [0.15, 0.2) is 5.16 Å². The highest BCUT2D eigenvalue weighted by Gasteiger charge is 2.19. The van der Waals surface area contributed by atoms with Crippen LogP contribution in [0, 0.1) is 19.3 Å². The van der Waals surface area contributed by atoms with Crippen LogP contribution in [0.2, 0.25) is 0 Å². The molecule has 2 aromatic heterocycles. The molecule has 0 spiro atoms. The first-order chi connectivity index (χ1) is 9.82. The second-order valence-electron chi connectivity index (χ2n) is 4.88. The highest BCUT2D eigenvalue weighted by Crippen LogP contribution is 2.29. The number of nitrogens with one attached hydrogen (secondary N) is 2. The molecule has 0 radical (unpaired) electrons. The minimum absolute atomic E-state index is 0.0426. The maximum Gasteiger partial charge on any atom is 0.344 e. The number of nitrogens with zero attached hydrogens (tertiary/aromatic N) is 4. The van der Waals surface area contributed by atoms with Crippen LogP contribution in [0.15, 0.2) is 15.0 Å². The van der Waals surface area contributed by atoms with Crippen molar-refractivity contribution < 1.29 is 0 Å². The van der Waals surface area contributed by atoms with Crippen molar-refractivity contribution in [2.75, 3.05) is 0 Å². The molecule has 4 N–H and O–H groups in total. The van der Waals surface area contributed by atoms with Crippen molar-refractivity contribution in [3.8, 4) is 0 Å². The van der Waals surface area contributed by atoms with E-state index in [1.54, 1.807) is 0 Å². The van der Waals surface area contributed by atoms with Crippen molar-refractivity contribution >= 4 is 17.6 Å². The van der Waals surface area contributed by atoms with Crippen LogP contribution >= 0.6 is 11.8 Å². The van der Waals surface area contributed by atoms with Gasteiger partial charge in [-0.05, 0) is 45.0 Å². The number of rotatable bonds is 4. The van der Waals surface area contributed by atoms with E-state index in [2.05, 4.69) is 20.4 Å². The summed E-state index contributed by atoms with van der Waals surface area (Å²) in [4.78, 5) is 11.7. The number of aromatic amines is 1. The fourth-order valence-corrected chi connectivity index (χ4v) is 2.98. The molecule has 2 rings (SSSR count). The van der Waals surface area contributed by atoms with Gasteiger partial charge in [0.25, 0.3) is 0 Å². The minimum atomic E-state index is -0.284. The molecule has 0 aliphatic carbocycles. The predicted octanol–water partition coefficient (Wildman–Crippen LogP) is 0.994. The summed E-state index contributed by atoms with van der Waals surface area (Å²) in [6, 6.07) is -0.0426. The van der Waals surface area contributed by atoms with E-state index in [9.17, 15) is 4.79 Å². The van der Waals surface area contributed by atoms with Crippen LogP contribution in [0.4, 0.5) is 0 Å². The molecular weight excluding hydrogens is 290 g/mol. The van der Waals surface area contributed by atoms with E-state index in [0.29, 0.717) is 21.4 Å². The second-order valence-corrected chi connectivity index (χ2v) is 5.84. The van der Waals surface area contributed by atoms with Crippen molar-refractivity contribution in [3.63, 3.8) is 0 Å². The summed E-state index contributed by atoms with van der Waals surface area (Å²) in [5.41, 5.74) is 7.40. The summed E-state index contributed by atoms with van der Waals surface area (Å²) in [6.07, 6.45) is 0. The molecule has 9 heteroatoms. The number of H-pyrrole nitrogens is 1. The quantitative estimate of drug-likeness (QED) is 0.571. The number of nitrogen functional groups attached to an aromatic ring is 1. The average Bonchev–Trinajstić information content (AvgIpc) is 2.74. The van der Waals surface area contributed by atoms with E-state index >= 15 is 0 Å². The van der Waals surface area contributed by atoms with Crippen LogP contribution in [0.3, 0.4) is 0 Å². The fourth-order valence-electron chi connectivity index (χ4n) is 1.88. The van der Waals surface area contributed by atoms with Crippen molar-refractivity contribution in [1.29, 1.82) is 5.41 Å². The van der Waals surface area contributed by atoms with Crippen molar-refractivity contribution in [1.82, 2.24) is 25.0 Å². The van der Waals surface area contributed by atoms with Crippen molar-refractivity contribution in [3.05, 3.63) is 27.3 Å². The zero-order valence-electron chi connectivity index (χ0n) is 12.3. The largest absolute Gasteiger partial charge is 0.384 e. The summed E-state index contributed by atoms with van der Waals surface area (Å²) < 4.78 is 1.52. The molecule has 112 valence electrons. The molecule has 2 aromatic rings. The van der Waals surface area contributed by atoms with Gasteiger partial charge in [-0.3, -0.25) is 9.98 Å².